The van der Waals surface area contributed by atoms with Gasteiger partial charge in [0.15, 0.2) is 11.0 Å². The van der Waals surface area contributed by atoms with Crippen molar-refractivity contribution in [2.24, 2.45) is 0 Å². The summed E-state index contributed by atoms with van der Waals surface area (Å²) >= 11 is 13.2. The van der Waals surface area contributed by atoms with E-state index < -0.39 is 6.04 Å². The number of halogens is 2. The average Bonchev–Trinajstić information content (AvgIpc) is 3.20. The van der Waals surface area contributed by atoms with E-state index in [1.54, 1.807) is 12.1 Å². The number of hydrogen-bond donors (Lipinski definition) is 2. The summed E-state index contributed by atoms with van der Waals surface area (Å²) < 4.78 is 1.89. The molecule has 3 aromatic rings. The summed E-state index contributed by atoms with van der Waals surface area (Å²) in [6.07, 6.45) is 0. The number of nitrogens with zero attached hydrogens (tertiary/aromatic N) is 3. The fourth-order valence-corrected chi connectivity index (χ4v) is 4.43. The van der Waals surface area contributed by atoms with E-state index in [1.165, 1.54) is 17.8 Å². The predicted molar refractivity (Wildman–Crippen MR) is 133 cm³/mol. The zero-order chi connectivity index (χ0) is 24.1. The number of aromatic nitrogens is 3. The minimum atomic E-state index is -0.405. The van der Waals surface area contributed by atoms with Gasteiger partial charge in [0.25, 0.3) is 5.91 Å². The van der Waals surface area contributed by atoms with Gasteiger partial charge in [0, 0.05) is 17.8 Å². The Morgan fingerprint density at radius 3 is 2.42 bits per heavy atom. The maximum Gasteiger partial charge on any atom is 0.251 e. The standard InChI is InChI=1S/C23H25Cl2N5O2S/c1-5-30-21(15(4)26-22(32)16-9-10-17(24)18(25)11-16)28-29-23(30)33-12-19(31)27-20-13(2)7-6-8-14(20)3/h6-11,15H,5,12H2,1-4H3,(H,26,32)(H,27,31)/t15-/m0/s1. The Hall–Kier alpha value is -2.55. The van der Waals surface area contributed by atoms with Crippen LogP contribution in [0.4, 0.5) is 5.69 Å². The summed E-state index contributed by atoms with van der Waals surface area (Å²) in [5, 5.41) is 15.7. The Labute approximate surface area is 207 Å². The number of benzene rings is 2. The van der Waals surface area contributed by atoms with Crippen LogP contribution in [0.5, 0.6) is 0 Å². The molecule has 0 aliphatic rings. The zero-order valence-electron chi connectivity index (χ0n) is 18.8. The third-order valence-electron chi connectivity index (χ3n) is 5.06. The van der Waals surface area contributed by atoms with Crippen molar-refractivity contribution in [2.45, 2.75) is 45.4 Å². The van der Waals surface area contributed by atoms with E-state index in [0.29, 0.717) is 33.1 Å². The first-order valence-corrected chi connectivity index (χ1v) is 12.1. The van der Waals surface area contributed by atoms with Crippen LogP contribution in [0.15, 0.2) is 41.6 Å². The summed E-state index contributed by atoms with van der Waals surface area (Å²) in [6, 6.07) is 10.2. The van der Waals surface area contributed by atoms with Crippen LogP contribution >= 0.6 is 35.0 Å². The second-order valence-electron chi connectivity index (χ2n) is 7.51. The predicted octanol–water partition coefficient (Wildman–Crippen LogP) is 5.44. The largest absolute Gasteiger partial charge is 0.342 e. The third-order valence-corrected chi connectivity index (χ3v) is 6.76. The molecule has 33 heavy (non-hydrogen) atoms. The first-order chi connectivity index (χ1) is 15.7. The smallest absolute Gasteiger partial charge is 0.251 e. The highest BCUT2D eigenvalue weighted by Gasteiger charge is 2.21. The Balaban J connectivity index is 1.65. The molecular weight excluding hydrogens is 481 g/mol. The van der Waals surface area contributed by atoms with E-state index in [9.17, 15) is 9.59 Å². The van der Waals surface area contributed by atoms with E-state index in [2.05, 4.69) is 20.8 Å². The van der Waals surface area contributed by atoms with Gasteiger partial charge in [0.05, 0.1) is 21.8 Å². The SMILES string of the molecule is CCn1c(SCC(=O)Nc2c(C)cccc2C)nnc1[C@H](C)NC(=O)c1ccc(Cl)c(Cl)c1. The molecule has 1 atom stereocenters. The van der Waals surface area contributed by atoms with Gasteiger partial charge in [-0.25, -0.2) is 0 Å². The van der Waals surface area contributed by atoms with Crippen molar-refractivity contribution in [1.82, 2.24) is 20.1 Å². The van der Waals surface area contributed by atoms with Crippen molar-refractivity contribution in [2.75, 3.05) is 11.1 Å². The molecular formula is C23H25Cl2N5O2S. The minimum absolute atomic E-state index is 0.120. The molecule has 0 radical (unpaired) electrons. The van der Waals surface area contributed by atoms with Crippen molar-refractivity contribution in [3.05, 3.63) is 69.0 Å². The maximum atomic E-state index is 12.6. The molecule has 0 saturated heterocycles. The number of carbonyl (C=O) groups excluding carboxylic acids is 2. The molecule has 2 N–H and O–H groups in total. The molecule has 0 aliphatic carbocycles. The Morgan fingerprint density at radius 1 is 1.09 bits per heavy atom. The Kier molecular flexibility index (Phi) is 8.40. The second-order valence-corrected chi connectivity index (χ2v) is 9.27. The quantitative estimate of drug-likeness (QED) is 0.397. The highest BCUT2D eigenvalue weighted by atomic mass is 35.5. The van der Waals surface area contributed by atoms with E-state index in [-0.39, 0.29) is 17.6 Å². The van der Waals surface area contributed by atoms with Gasteiger partial charge in [-0.05, 0) is 57.0 Å². The van der Waals surface area contributed by atoms with Crippen LogP contribution in [0.1, 0.15) is 47.2 Å². The number of anilines is 1. The molecule has 10 heteroatoms. The monoisotopic (exact) mass is 505 g/mol. The fourth-order valence-electron chi connectivity index (χ4n) is 3.32. The van der Waals surface area contributed by atoms with Gasteiger partial charge in [-0.3, -0.25) is 9.59 Å². The number of rotatable bonds is 8. The highest BCUT2D eigenvalue weighted by molar-refractivity contribution is 7.99. The van der Waals surface area contributed by atoms with E-state index in [0.717, 1.165) is 16.8 Å². The number of thioether (sulfide) groups is 1. The lowest BCUT2D eigenvalue weighted by atomic mass is 10.1. The lowest BCUT2D eigenvalue weighted by molar-refractivity contribution is -0.113. The van der Waals surface area contributed by atoms with Crippen molar-refractivity contribution >= 4 is 52.5 Å². The summed E-state index contributed by atoms with van der Waals surface area (Å²) in [5.74, 6) is 0.374. The Bertz CT molecular complexity index is 1160. The van der Waals surface area contributed by atoms with Gasteiger partial charge in [0.1, 0.15) is 0 Å². The number of nitrogens with one attached hydrogen (secondary N) is 2. The van der Waals surface area contributed by atoms with Crippen molar-refractivity contribution < 1.29 is 9.59 Å². The third kappa shape index (κ3) is 6.07. The van der Waals surface area contributed by atoms with Crippen LogP contribution in [0, 0.1) is 13.8 Å². The maximum absolute atomic E-state index is 12.6. The van der Waals surface area contributed by atoms with Crippen LogP contribution in [0.2, 0.25) is 10.0 Å². The van der Waals surface area contributed by atoms with Crippen molar-refractivity contribution in [3.8, 4) is 0 Å². The number of para-hydroxylation sites is 1. The lowest BCUT2D eigenvalue weighted by Gasteiger charge is -2.15. The van der Waals surface area contributed by atoms with Crippen LogP contribution in [-0.4, -0.2) is 32.3 Å². The first-order valence-electron chi connectivity index (χ1n) is 10.4. The molecule has 0 spiro atoms. The normalized spacial score (nSPS) is 11.8. The van der Waals surface area contributed by atoms with Gasteiger partial charge >= 0.3 is 0 Å². The fraction of sp³-hybridized carbons (Fsp3) is 0.304. The zero-order valence-corrected chi connectivity index (χ0v) is 21.1. The first kappa shape index (κ1) is 25.1. The van der Waals surface area contributed by atoms with Crippen LogP contribution in [0.25, 0.3) is 0 Å². The number of hydrogen-bond acceptors (Lipinski definition) is 5. The molecule has 0 saturated carbocycles. The van der Waals surface area contributed by atoms with Gasteiger partial charge in [-0.2, -0.15) is 0 Å². The van der Waals surface area contributed by atoms with E-state index in [1.807, 2.05) is 50.5 Å². The van der Waals surface area contributed by atoms with Crippen molar-refractivity contribution in [1.29, 1.82) is 0 Å². The summed E-state index contributed by atoms with van der Waals surface area (Å²) in [5.41, 5.74) is 3.26. The second kappa shape index (κ2) is 11.0. The summed E-state index contributed by atoms with van der Waals surface area (Å²) in [7, 11) is 0. The number of aryl methyl sites for hydroxylation is 2. The van der Waals surface area contributed by atoms with Gasteiger partial charge in [-0.15, -0.1) is 10.2 Å². The molecule has 7 nitrogen and oxygen atoms in total. The lowest BCUT2D eigenvalue weighted by Crippen LogP contribution is -2.28. The van der Waals surface area contributed by atoms with Crippen LogP contribution < -0.4 is 10.6 Å². The molecule has 3 rings (SSSR count). The highest BCUT2D eigenvalue weighted by Crippen LogP contribution is 2.25. The molecule has 0 aliphatic heterocycles. The summed E-state index contributed by atoms with van der Waals surface area (Å²) in [6.45, 7) is 8.30. The van der Waals surface area contributed by atoms with Gasteiger partial charge in [-0.1, -0.05) is 53.2 Å². The average molecular weight is 506 g/mol. The molecule has 2 amide bonds. The number of amides is 2. The topological polar surface area (TPSA) is 88.9 Å². The molecule has 2 aromatic carbocycles. The van der Waals surface area contributed by atoms with Crippen LogP contribution in [0.3, 0.4) is 0 Å². The molecule has 1 aromatic heterocycles. The molecule has 0 bridgehead atoms. The van der Waals surface area contributed by atoms with Crippen molar-refractivity contribution in [3.63, 3.8) is 0 Å². The minimum Gasteiger partial charge on any atom is -0.342 e. The van der Waals surface area contributed by atoms with E-state index >= 15 is 0 Å². The molecule has 174 valence electrons. The number of carbonyl (C=O) groups is 2. The molecule has 0 fully saturated rings. The van der Waals surface area contributed by atoms with E-state index in [4.69, 9.17) is 23.2 Å². The Morgan fingerprint density at radius 2 is 1.79 bits per heavy atom. The summed E-state index contributed by atoms with van der Waals surface area (Å²) in [4.78, 5) is 25.1. The molecule has 0 unspecified atom stereocenters. The van der Waals surface area contributed by atoms with Gasteiger partial charge < -0.3 is 15.2 Å². The molecule has 1 heterocycles. The van der Waals surface area contributed by atoms with Crippen LogP contribution in [-0.2, 0) is 11.3 Å². The van der Waals surface area contributed by atoms with Gasteiger partial charge in [0.2, 0.25) is 5.91 Å².